The molecule has 0 saturated heterocycles. The molecule has 1 aliphatic carbocycles. The molecule has 5 nitrogen and oxygen atoms in total. The van der Waals surface area contributed by atoms with E-state index in [-0.39, 0.29) is 43.3 Å². The van der Waals surface area contributed by atoms with Gasteiger partial charge in [0.05, 0.1) is 18.3 Å². The summed E-state index contributed by atoms with van der Waals surface area (Å²) < 4.78 is 34.3. The number of aliphatic hydroxyl groups excluding tert-OH is 2. The van der Waals surface area contributed by atoms with Gasteiger partial charge >= 0.3 is 5.97 Å². The molecule has 0 unspecified atom stereocenters. The van der Waals surface area contributed by atoms with E-state index in [1.807, 2.05) is 20.8 Å². The lowest BCUT2D eigenvalue weighted by Crippen LogP contribution is -2.35. The zero-order chi connectivity index (χ0) is 22.7. The Morgan fingerprint density at radius 2 is 1.77 bits per heavy atom. The summed E-state index contributed by atoms with van der Waals surface area (Å²) in [5, 5.41) is 29.4. The SMILES string of the molecule is CCCCC(F)(F)[C@H](O)CC[C@@H]1[C@@H](CCCCCCC(=O)O)[C@@H](O)C[C@H]1OC(C)C. The minimum absolute atomic E-state index is 0.00116. The van der Waals surface area contributed by atoms with Gasteiger partial charge in [0.1, 0.15) is 6.10 Å². The maximum Gasteiger partial charge on any atom is 0.303 e. The molecule has 1 aliphatic rings. The summed E-state index contributed by atoms with van der Waals surface area (Å²) in [6.07, 6.45) is 3.39. The predicted molar refractivity (Wildman–Crippen MR) is 113 cm³/mol. The number of ether oxygens (including phenoxy) is 1. The maximum absolute atomic E-state index is 14.2. The van der Waals surface area contributed by atoms with Crippen LogP contribution in [0.25, 0.3) is 0 Å². The third-order valence-corrected chi connectivity index (χ3v) is 6.25. The Kier molecular flexibility index (Phi) is 12.3. The van der Waals surface area contributed by atoms with Crippen molar-refractivity contribution in [2.24, 2.45) is 11.8 Å². The second-order valence-corrected chi connectivity index (χ2v) is 9.16. The van der Waals surface area contributed by atoms with Gasteiger partial charge in [0.25, 0.3) is 5.92 Å². The van der Waals surface area contributed by atoms with E-state index in [1.165, 1.54) is 0 Å². The van der Waals surface area contributed by atoms with Crippen molar-refractivity contribution in [3.63, 3.8) is 0 Å². The molecule has 1 rings (SSSR count). The van der Waals surface area contributed by atoms with Crippen LogP contribution in [0.15, 0.2) is 0 Å². The Bertz CT molecular complexity index is 486. The highest BCUT2D eigenvalue weighted by molar-refractivity contribution is 5.66. The Balaban J connectivity index is 2.63. The normalized spacial score (nSPS) is 25.7. The molecule has 1 fully saturated rings. The number of aliphatic hydroxyl groups is 2. The molecule has 1 saturated carbocycles. The smallest absolute Gasteiger partial charge is 0.303 e. The third kappa shape index (κ3) is 9.56. The zero-order valence-electron chi connectivity index (χ0n) is 18.9. The first-order chi connectivity index (χ1) is 14.1. The number of hydrogen-bond donors (Lipinski definition) is 3. The monoisotopic (exact) mass is 436 g/mol. The van der Waals surface area contributed by atoms with Crippen molar-refractivity contribution >= 4 is 5.97 Å². The van der Waals surface area contributed by atoms with Crippen LogP contribution in [0.4, 0.5) is 8.78 Å². The summed E-state index contributed by atoms with van der Waals surface area (Å²) in [5.41, 5.74) is 0. The van der Waals surface area contributed by atoms with Crippen molar-refractivity contribution < 1.29 is 33.6 Å². The van der Waals surface area contributed by atoms with E-state index >= 15 is 0 Å². The van der Waals surface area contributed by atoms with Gasteiger partial charge in [-0.3, -0.25) is 4.79 Å². The molecule has 0 amide bonds. The van der Waals surface area contributed by atoms with Crippen molar-refractivity contribution in [1.29, 1.82) is 0 Å². The van der Waals surface area contributed by atoms with Gasteiger partial charge in [-0.2, -0.15) is 0 Å². The van der Waals surface area contributed by atoms with E-state index in [1.54, 1.807) is 0 Å². The topological polar surface area (TPSA) is 87.0 Å². The molecule has 0 aromatic rings. The molecule has 0 radical (unpaired) electrons. The molecule has 0 aromatic heterocycles. The van der Waals surface area contributed by atoms with Crippen LogP contribution in [0, 0.1) is 11.8 Å². The van der Waals surface area contributed by atoms with Crippen LogP contribution in [0.5, 0.6) is 0 Å². The average molecular weight is 437 g/mol. The minimum Gasteiger partial charge on any atom is -0.481 e. The molecular formula is C23H42F2O5. The van der Waals surface area contributed by atoms with Crippen LogP contribution in [0.1, 0.15) is 97.8 Å². The number of aliphatic carboxylic acids is 1. The molecule has 30 heavy (non-hydrogen) atoms. The number of unbranched alkanes of at least 4 members (excludes halogenated alkanes) is 4. The lowest BCUT2D eigenvalue weighted by Gasteiger charge is -2.29. The van der Waals surface area contributed by atoms with E-state index in [9.17, 15) is 23.8 Å². The summed E-state index contributed by atoms with van der Waals surface area (Å²) in [6.45, 7) is 5.70. The molecule has 7 heteroatoms. The van der Waals surface area contributed by atoms with Crippen LogP contribution in [0.2, 0.25) is 0 Å². The number of hydrogen-bond acceptors (Lipinski definition) is 4. The van der Waals surface area contributed by atoms with Crippen LogP contribution in [-0.4, -0.2) is 51.6 Å². The lowest BCUT2D eigenvalue weighted by molar-refractivity contribution is -0.137. The number of alkyl halides is 2. The third-order valence-electron chi connectivity index (χ3n) is 6.25. The number of rotatable bonds is 16. The van der Waals surface area contributed by atoms with E-state index in [0.29, 0.717) is 32.1 Å². The molecule has 0 heterocycles. The van der Waals surface area contributed by atoms with Gasteiger partial charge in [-0.15, -0.1) is 0 Å². The highest BCUT2D eigenvalue weighted by atomic mass is 19.3. The molecule has 0 aromatic carbocycles. The number of carboxylic acids is 1. The largest absolute Gasteiger partial charge is 0.481 e. The number of carbonyl (C=O) groups is 1. The van der Waals surface area contributed by atoms with Crippen LogP contribution in [0.3, 0.4) is 0 Å². The molecule has 0 bridgehead atoms. The number of carboxylic acid groups (broad SMARTS) is 1. The molecule has 0 aliphatic heterocycles. The van der Waals surface area contributed by atoms with Crippen LogP contribution in [-0.2, 0) is 9.53 Å². The standard InChI is InChI=1S/C23H42F2O5/c1-4-5-14-23(24,25)21(27)13-12-18-17(10-8-6-7-9-11-22(28)29)19(26)15-20(18)30-16(2)3/h16-21,26-27H,4-15H2,1-3H3,(H,28,29)/t17-,18-,19+,20-,21-/m1/s1. The molecule has 5 atom stereocenters. The van der Waals surface area contributed by atoms with Crippen LogP contribution >= 0.6 is 0 Å². The van der Waals surface area contributed by atoms with Gasteiger partial charge < -0.3 is 20.1 Å². The molecule has 0 spiro atoms. The van der Waals surface area contributed by atoms with Gasteiger partial charge in [0, 0.05) is 19.3 Å². The minimum atomic E-state index is -3.08. The summed E-state index contributed by atoms with van der Waals surface area (Å²) in [5.74, 6) is -3.96. The fourth-order valence-electron chi connectivity index (χ4n) is 4.61. The van der Waals surface area contributed by atoms with E-state index < -0.39 is 24.1 Å². The van der Waals surface area contributed by atoms with Crippen molar-refractivity contribution in [2.45, 2.75) is 128 Å². The van der Waals surface area contributed by atoms with Crippen molar-refractivity contribution in [3.8, 4) is 0 Å². The number of halogens is 2. The summed E-state index contributed by atoms with van der Waals surface area (Å²) in [6, 6.07) is 0. The van der Waals surface area contributed by atoms with Crippen molar-refractivity contribution in [1.82, 2.24) is 0 Å². The predicted octanol–water partition coefficient (Wildman–Crippen LogP) is 5.17. The van der Waals surface area contributed by atoms with E-state index in [0.717, 1.165) is 25.7 Å². The highest BCUT2D eigenvalue weighted by Crippen LogP contribution is 2.42. The fourth-order valence-corrected chi connectivity index (χ4v) is 4.61. The lowest BCUT2D eigenvalue weighted by atomic mass is 9.84. The zero-order valence-corrected chi connectivity index (χ0v) is 18.9. The molecule has 3 N–H and O–H groups in total. The summed E-state index contributed by atoms with van der Waals surface area (Å²) in [7, 11) is 0. The first-order valence-corrected chi connectivity index (χ1v) is 11.7. The van der Waals surface area contributed by atoms with E-state index in [2.05, 4.69) is 0 Å². The Morgan fingerprint density at radius 3 is 2.37 bits per heavy atom. The van der Waals surface area contributed by atoms with Crippen molar-refractivity contribution in [3.05, 3.63) is 0 Å². The van der Waals surface area contributed by atoms with Gasteiger partial charge in [-0.05, 0) is 57.8 Å². The second-order valence-electron chi connectivity index (χ2n) is 9.16. The van der Waals surface area contributed by atoms with Gasteiger partial charge in [0.15, 0.2) is 0 Å². The first-order valence-electron chi connectivity index (χ1n) is 11.7. The molecule has 178 valence electrons. The second kappa shape index (κ2) is 13.6. The van der Waals surface area contributed by atoms with Gasteiger partial charge in [0.2, 0.25) is 0 Å². The fraction of sp³-hybridized carbons (Fsp3) is 0.957. The average Bonchev–Trinajstić information content (AvgIpc) is 2.94. The van der Waals surface area contributed by atoms with E-state index in [4.69, 9.17) is 9.84 Å². The molecular weight excluding hydrogens is 394 g/mol. The van der Waals surface area contributed by atoms with Gasteiger partial charge in [-0.25, -0.2) is 8.78 Å². The Hall–Kier alpha value is -0.790. The van der Waals surface area contributed by atoms with Crippen molar-refractivity contribution in [2.75, 3.05) is 0 Å². The summed E-state index contributed by atoms with van der Waals surface area (Å²) in [4.78, 5) is 10.6. The maximum atomic E-state index is 14.2. The first kappa shape index (κ1) is 27.2. The summed E-state index contributed by atoms with van der Waals surface area (Å²) >= 11 is 0. The Labute approximate surface area is 180 Å². The Morgan fingerprint density at radius 1 is 1.10 bits per heavy atom. The van der Waals surface area contributed by atoms with Gasteiger partial charge in [-0.1, -0.05) is 32.6 Å². The highest BCUT2D eigenvalue weighted by Gasteiger charge is 2.44. The van der Waals surface area contributed by atoms with Crippen LogP contribution < -0.4 is 0 Å². The quantitative estimate of drug-likeness (QED) is 0.291.